The van der Waals surface area contributed by atoms with Gasteiger partial charge in [0.1, 0.15) is 5.82 Å². The molecule has 3 aromatic rings. The number of aromatic nitrogens is 3. The van der Waals surface area contributed by atoms with Crippen LogP contribution in [0.25, 0.3) is 0 Å². The first-order chi connectivity index (χ1) is 17.4. The highest BCUT2D eigenvalue weighted by atomic mass is 16.2. The van der Waals surface area contributed by atoms with Crippen LogP contribution in [-0.4, -0.2) is 47.5 Å². The summed E-state index contributed by atoms with van der Waals surface area (Å²) in [6.45, 7) is 4.12. The Hall–Kier alpha value is -3.72. The first kappa shape index (κ1) is 22.7. The lowest BCUT2D eigenvalue weighted by Gasteiger charge is -2.42. The molecule has 1 spiro atoms. The van der Waals surface area contributed by atoms with Crippen molar-refractivity contribution in [3.05, 3.63) is 64.6 Å². The summed E-state index contributed by atoms with van der Waals surface area (Å²) in [5.41, 5.74) is 18.4. The first-order valence-corrected chi connectivity index (χ1v) is 12.6. The predicted molar refractivity (Wildman–Crippen MR) is 141 cm³/mol. The van der Waals surface area contributed by atoms with E-state index in [1.807, 2.05) is 26.1 Å². The van der Waals surface area contributed by atoms with Crippen LogP contribution in [0.2, 0.25) is 0 Å². The maximum atomic E-state index is 13.4. The molecule has 0 radical (unpaired) electrons. The summed E-state index contributed by atoms with van der Waals surface area (Å²) in [4.78, 5) is 31.3. The number of pyridine rings is 1. The summed E-state index contributed by atoms with van der Waals surface area (Å²) in [6, 6.07) is 12.4. The third kappa shape index (κ3) is 3.49. The van der Waals surface area contributed by atoms with Crippen molar-refractivity contribution < 1.29 is 4.79 Å². The molecule has 3 aliphatic rings. The number of hydrogen-bond donors (Lipinski definition) is 3. The van der Waals surface area contributed by atoms with E-state index in [1.165, 1.54) is 11.1 Å². The van der Waals surface area contributed by atoms with Gasteiger partial charge in [-0.25, -0.2) is 15.0 Å². The molecule has 0 saturated carbocycles. The second kappa shape index (κ2) is 8.44. The van der Waals surface area contributed by atoms with Crippen LogP contribution < -0.4 is 26.6 Å². The Morgan fingerprint density at radius 1 is 1.08 bits per heavy atom. The van der Waals surface area contributed by atoms with Gasteiger partial charge in [-0.1, -0.05) is 24.3 Å². The fraction of sp³-hybridized carbons (Fsp3) is 0.407. The zero-order valence-corrected chi connectivity index (χ0v) is 20.8. The molecule has 186 valence electrons. The monoisotopic (exact) mass is 484 g/mol. The van der Waals surface area contributed by atoms with Crippen LogP contribution >= 0.6 is 0 Å². The van der Waals surface area contributed by atoms with Crippen molar-refractivity contribution in [2.45, 2.75) is 38.6 Å². The Morgan fingerprint density at radius 2 is 1.86 bits per heavy atom. The summed E-state index contributed by atoms with van der Waals surface area (Å²) >= 11 is 0. The Morgan fingerprint density at radius 3 is 2.61 bits per heavy atom. The number of carbonyl (C=O) groups excluding carboxylic acids is 1. The van der Waals surface area contributed by atoms with Gasteiger partial charge in [-0.05, 0) is 54.9 Å². The average molecular weight is 485 g/mol. The van der Waals surface area contributed by atoms with E-state index in [-0.39, 0.29) is 28.9 Å². The number of benzene rings is 1. The number of amides is 1. The largest absolute Gasteiger partial charge is 0.382 e. The summed E-state index contributed by atoms with van der Waals surface area (Å²) in [6.07, 6.45) is 3.69. The van der Waals surface area contributed by atoms with Crippen LogP contribution in [0, 0.1) is 12.3 Å². The van der Waals surface area contributed by atoms with E-state index in [9.17, 15) is 4.79 Å². The summed E-state index contributed by atoms with van der Waals surface area (Å²) in [5.74, 6) is 1.47. The zero-order valence-electron chi connectivity index (χ0n) is 20.8. The van der Waals surface area contributed by atoms with Crippen molar-refractivity contribution in [2.24, 2.45) is 11.1 Å². The quantitative estimate of drug-likeness (QED) is 0.518. The number of aryl methyl sites for hydroxylation is 1. The van der Waals surface area contributed by atoms with Crippen molar-refractivity contribution in [3.8, 4) is 0 Å². The van der Waals surface area contributed by atoms with Gasteiger partial charge in [-0.15, -0.1) is 0 Å². The van der Waals surface area contributed by atoms with Crippen molar-refractivity contribution in [1.29, 1.82) is 0 Å². The molecule has 2 aromatic heterocycles. The predicted octanol–water partition coefficient (Wildman–Crippen LogP) is 2.85. The highest BCUT2D eigenvalue weighted by molar-refractivity contribution is 6.08. The molecule has 1 saturated heterocycles. The number of fused-ring (bicyclic) bond motifs is 2. The van der Waals surface area contributed by atoms with Crippen LogP contribution in [0.4, 0.5) is 23.1 Å². The van der Waals surface area contributed by atoms with E-state index >= 15 is 0 Å². The molecule has 4 heterocycles. The zero-order chi connectivity index (χ0) is 25.0. The second-order valence-electron chi connectivity index (χ2n) is 10.2. The average Bonchev–Trinajstić information content (AvgIpc) is 3.44. The smallest absolute Gasteiger partial charge is 0.280 e. The summed E-state index contributed by atoms with van der Waals surface area (Å²) in [5, 5.41) is 3.04. The van der Waals surface area contributed by atoms with Gasteiger partial charge in [0.15, 0.2) is 17.3 Å². The second-order valence-corrected chi connectivity index (χ2v) is 10.2. The molecular weight excluding hydrogens is 452 g/mol. The molecule has 1 aromatic carbocycles. The number of carbonyl (C=O) groups is 1. The number of piperidine rings is 1. The Kier molecular flexibility index (Phi) is 5.33. The van der Waals surface area contributed by atoms with Crippen LogP contribution in [0.15, 0.2) is 36.4 Å². The van der Waals surface area contributed by atoms with Crippen molar-refractivity contribution in [1.82, 2.24) is 15.0 Å². The van der Waals surface area contributed by atoms with E-state index in [0.717, 1.165) is 55.4 Å². The fourth-order valence-electron chi connectivity index (χ4n) is 6.19. The van der Waals surface area contributed by atoms with Crippen LogP contribution in [0.3, 0.4) is 0 Å². The van der Waals surface area contributed by atoms with Gasteiger partial charge in [0, 0.05) is 39.1 Å². The van der Waals surface area contributed by atoms with Gasteiger partial charge >= 0.3 is 0 Å². The van der Waals surface area contributed by atoms with Gasteiger partial charge in [0.05, 0.1) is 17.1 Å². The molecule has 9 nitrogen and oxygen atoms in total. The van der Waals surface area contributed by atoms with Gasteiger partial charge in [-0.2, -0.15) is 0 Å². The number of anilines is 4. The van der Waals surface area contributed by atoms with Crippen molar-refractivity contribution in [2.75, 3.05) is 47.5 Å². The number of nitrogen functional groups attached to an aromatic ring is 1. The normalized spacial score (nSPS) is 19.9. The number of nitrogens with two attached hydrogens (primary N) is 2. The van der Waals surface area contributed by atoms with Gasteiger partial charge in [0.2, 0.25) is 0 Å². The lowest BCUT2D eigenvalue weighted by Crippen LogP contribution is -2.45. The van der Waals surface area contributed by atoms with Gasteiger partial charge in [-0.3, -0.25) is 4.79 Å². The van der Waals surface area contributed by atoms with Crippen molar-refractivity contribution >= 4 is 29.0 Å². The molecule has 5 N–H and O–H groups in total. The summed E-state index contributed by atoms with van der Waals surface area (Å²) in [7, 11) is 1.83. The number of nitrogens with one attached hydrogen (secondary N) is 1. The van der Waals surface area contributed by atoms with E-state index in [4.69, 9.17) is 11.5 Å². The van der Waals surface area contributed by atoms with E-state index in [0.29, 0.717) is 18.7 Å². The van der Waals surface area contributed by atoms with Gasteiger partial charge in [0.25, 0.3) is 5.91 Å². The Balaban J connectivity index is 1.20. The van der Waals surface area contributed by atoms with E-state index in [2.05, 4.69) is 49.4 Å². The first-order valence-electron chi connectivity index (χ1n) is 12.6. The minimum Gasteiger partial charge on any atom is -0.382 e. The lowest BCUT2D eigenvalue weighted by molar-refractivity contribution is 0.0985. The molecule has 1 atom stereocenters. The molecule has 0 bridgehead atoms. The molecular formula is C27H32N8O. The topological polar surface area (TPSA) is 126 Å². The SMILES string of the molecule is CNc1ccc2c(n1)CCN2C(=O)c1nc(C)c(N2CCC3(CC2)Cc2ccccc2C3N)nc1N. The van der Waals surface area contributed by atoms with E-state index < -0.39 is 0 Å². The highest BCUT2D eigenvalue weighted by Gasteiger charge is 2.46. The minimum atomic E-state index is -0.236. The third-order valence-electron chi connectivity index (χ3n) is 8.24. The van der Waals surface area contributed by atoms with Crippen LogP contribution in [-0.2, 0) is 12.8 Å². The Labute approximate surface area is 210 Å². The number of nitrogens with zero attached hydrogens (tertiary/aromatic N) is 5. The molecule has 1 fully saturated rings. The minimum absolute atomic E-state index is 0.0649. The lowest BCUT2D eigenvalue weighted by atomic mass is 9.73. The molecule has 6 rings (SSSR count). The standard InChI is InChI=1S/C27H32N8O/c1-16-25(34-13-10-27(11-14-34)15-17-5-3-4-6-18(17)23(27)28)33-24(29)22(31-16)26(36)35-12-9-19-20(35)7-8-21(30-2)32-19/h3-8,23H,9-15,28H2,1-2H3,(H2,29,33)(H,30,32). The molecule has 2 aliphatic heterocycles. The number of hydrogen-bond acceptors (Lipinski definition) is 8. The van der Waals surface area contributed by atoms with Crippen LogP contribution in [0.1, 0.15) is 51.9 Å². The van der Waals surface area contributed by atoms with Crippen LogP contribution in [0.5, 0.6) is 0 Å². The van der Waals surface area contributed by atoms with E-state index in [1.54, 1.807) is 4.90 Å². The molecule has 1 aliphatic carbocycles. The van der Waals surface area contributed by atoms with Gasteiger partial charge < -0.3 is 26.6 Å². The fourth-order valence-corrected chi connectivity index (χ4v) is 6.19. The highest BCUT2D eigenvalue weighted by Crippen LogP contribution is 2.51. The molecule has 36 heavy (non-hydrogen) atoms. The molecule has 1 amide bonds. The Bertz CT molecular complexity index is 1350. The molecule has 9 heteroatoms. The van der Waals surface area contributed by atoms with Crippen molar-refractivity contribution in [3.63, 3.8) is 0 Å². The molecule has 1 unspecified atom stereocenters. The maximum Gasteiger partial charge on any atom is 0.280 e. The summed E-state index contributed by atoms with van der Waals surface area (Å²) < 4.78 is 0. The maximum absolute atomic E-state index is 13.4. The number of rotatable bonds is 3. The third-order valence-corrected chi connectivity index (χ3v) is 8.24.